The summed E-state index contributed by atoms with van der Waals surface area (Å²) in [5.74, 6) is 0.730. The van der Waals surface area contributed by atoms with Crippen LogP contribution in [0.25, 0.3) is 0 Å². The van der Waals surface area contributed by atoms with Crippen molar-refractivity contribution in [3.63, 3.8) is 0 Å². The van der Waals surface area contributed by atoms with Gasteiger partial charge in [-0.1, -0.05) is 18.2 Å². The first-order chi connectivity index (χ1) is 4.97. The smallest absolute Gasteiger partial charge is 0.176 e. The number of fused-ring (bicyclic) bond motifs is 1. The quantitative estimate of drug-likeness (QED) is 0.500. The summed E-state index contributed by atoms with van der Waals surface area (Å²) in [5.41, 5.74) is 1.17. The van der Waals surface area contributed by atoms with Gasteiger partial charge in [-0.15, -0.1) is 0 Å². The highest BCUT2D eigenvalue weighted by molar-refractivity contribution is 5.32. The van der Waals surface area contributed by atoms with Crippen molar-refractivity contribution in [2.24, 2.45) is 0 Å². The van der Waals surface area contributed by atoms with Crippen LogP contribution in [0.1, 0.15) is 5.56 Å². The van der Waals surface area contributed by atoms with Crippen LogP contribution in [0.15, 0.2) is 18.2 Å². The van der Waals surface area contributed by atoms with E-state index in [1.165, 1.54) is 5.56 Å². The number of para-hydroxylation sites is 1. The van der Waals surface area contributed by atoms with Crippen LogP contribution in [0.3, 0.4) is 0 Å². The van der Waals surface area contributed by atoms with Crippen molar-refractivity contribution in [3.05, 3.63) is 29.8 Å². The lowest BCUT2D eigenvalue weighted by Gasteiger charge is -2.13. The first-order valence-corrected chi connectivity index (χ1v) is 3.26. The van der Waals surface area contributed by atoms with Crippen LogP contribution in [0.5, 0.6) is 5.75 Å². The van der Waals surface area contributed by atoms with Gasteiger partial charge in [0.25, 0.3) is 0 Å². The van der Waals surface area contributed by atoms with Gasteiger partial charge in [0.1, 0.15) is 0 Å². The van der Waals surface area contributed by atoms with Gasteiger partial charge in [0.05, 0.1) is 6.61 Å². The van der Waals surface area contributed by atoms with E-state index in [0.717, 1.165) is 12.2 Å². The summed E-state index contributed by atoms with van der Waals surface area (Å²) in [7, 11) is 0. The topological polar surface area (TPSA) is 18.5 Å². The molecule has 0 saturated heterocycles. The number of hydrogen-bond donors (Lipinski definition) is 0. The monoisotopic (exact) mass is 135 g/mol. The molecule has 0 bridgehead atoms. The SMILES string of the molecule is [c]1cccc2c1OOCC2. The van der Waals surface area contributed by atoms with E-state index in [4.69, 9.17) is 9.78 Å². The average Bonchev–Trinajstić information content (AvgIpc) is 2.05. The summed E-state index contributed by atoms with van der Waals surface area (Å²) in [6.07, 6.45) is 0.923. The van der Waals surface area contributed by atoms with Gasteiger partial charge in [0.2, 0.25) is 0 Å². The van der Waals surface area contributed by atoms with Gasteiger partial charge in [0, 0.05) is 18.1 Å². The Morgan fingerprint density at radius 3 is 3.40 bits per heavy atom. The Morgan fingerprint density at radius 1 is 1.50 bits per heavy atom. The predicted octanol–water partition coefficient (Wildman–Crippen LogP) is 1.35. The normalized spacial score (nSPS) is 15.6. The number of benzene rings is 1. The molecule has 10 heavy (non-hydrogen) atoms. The fraction of sp³-hybridized carbons (Fsp3) is 0.250. The van der Waals surface area contributed by atoms with E-state index in [0.29, 0.717) is 6.61 Å². The van der Waals surface area contributed by atoms with Crippen molar-refractivity contribution in [3.8, 4) is 5.75 Å². The molecule has 1 radical (unpaired) electrons. The lowest BCUT2D eigenvalue weighted by molar-refractivity contribution is -0.215. The van der Waals surface area contributed by atoms with Crippen LogP contribution < -0.4 is 4.89 Å². The first kappa shape index (κ1) is 5.74. The highest BCUT2D eigenvalue weighted by Gasteiger charge is 2.08. The second-order valence-corrected chi connectivity index (χ2v) is 2.18. The maximum atomic E-state index is 4.87. The molecule has 1 aliphatic rings. The molecular weight excluding hydrogens is 128 g/mol. The van der Waals surface area contributed by atoms with Crippen LogP contribution in [0, 0.1) is 6.07 Å². The van der Waals surface area contributed by atoms with Crippen LogP contribution in [0.2, 0.25) is 0 Å². The molecule has 2 rings (SSSR count). The summed E-state index contributed by atoms with van der Waals surface area (Å²) in [6.45, 7) is 0.644. The van der Waals surface area contributed by atoms with Crippen molar-refractivity contribution in [1.82, 2.24) is 0 Å². The average molecular weight is 135 g/mol. The predicted molar refractivity (Wildman–Crippen MR) is 35.6 cm³/mol. The lowest BCUT2D eigenvalue weighted by atomic mass is 10.1. The second-order valence-electron chi connectivity index (χ2n) is 2.18. The summed E-state index contributed by atoms with van der Waals surface area (Å²) < 4.78 is 0. The van der Waals surface area contributed by atoms with Gasteiger partial charge in [-0.2, -0.15) is 4.89 Å². The summed E-state index contributed by atoms with van der Waals surface area (Å²) in [5, 5.41) is 0. The Kier molecular flexibility index (Phi) is 1.32. The Morgan fingerprint density at radius 2 is 2.50 bits per heavy atom. The summed E-state index contributed by atoms with van der Waals surface area (Å²) in [4.78, 5) is 9.63. The maximum Gasteiger partial charge on any atom is 0.176 e. The van der Waals surface area contributed by atoms with Crippen LogP contribution in [-0.2, 0) is 11.3 Å². The van der Waals surface area contributed by atoms with Gasteiger partial charge in [0.15, 0.2) is 5.75 Å². The molecule has 1 aromatic carbocycles. The third-order valence-corrected chi connectivity index (χ3v) is 1.50. The molecule has 0 N–H and O–H groups in total. The minimum absolute atomic E-state index is 0.644. The molecule has 0 aliphatic carbocycles. The second kappa shape index (κ2) is 2.31. The van der Waals surface area contributed by atoms with E-state index >= 15 is 0 Å². The van der Waals surface area contributed by atoms with E-state index in [9.17, 15) is 0 Å². The molecule has 0 spiro atoms. The summed E-state index contributed by atoms with van der Waals surface area (Å²) >= 11 is 0. The molecule has 51 valence electrons. The van der Waals surface area contributed by atoms with Gasteiger partial charge in [-0.05, 0) is 0 Å². The minimum Gasteiger partial charge on any atom is -0.337 e. The van der Waals surface area contributed by atoms with Gasteiger partial charge >= 0.3 is 0 Å². The van der Waals surface area contributed by atoms with Crippen LogP contribution in [-0.4, -0.2) is 6.61 Å². The number of rotatable bonds is 0. The molecule has 2 heteroatoms. The largest absolute Gasteiger partial charge is 0.337 e. The molecular formula is C8H7O2. The highest BCUT2D eigenvalue weighted by Crippen LogP contribution is 2.21. The first-order valence-electron chi connectivity index (χ1n) is 3.26. The van der Waals surface area contributed by atoms with E-state index in [1.54, 1.807) is 0 Å². The molecule has 1 aromatic rings. The zero-order valence-corrected chi connectivity index (χ0v) is 5.46. The van der Waals surface area contributed by atoms with Crippen LogP contribution >= 0.6 is 0 Å². The van der Waals surface area contributed by atoms with E-state index in [1.807, 2.05) is 18.2 Å². The standard InChI is InChI=1S/C8H7O2/c1-2-4-8-7(3-1)5-6-9-10-8/h1-3H,5-6H2. The molecule has 0 atom stereocenters. The third kappa shape index (κ3) is 0.866. The van der Waals surface area contributed by atoms with E-state index in [-0.39, 0.29) is 0 Å². The zero-order valence-electron chi connectivity index (χ0n) is 5.46. The molecule has 2 nitrogen and oxygen atoms in total. The molecule has 0 aromatic heterocycles. The third-order valence-electron chi connectivity index (χ3n) is 1.50. The lowest BCUT2D eigenvalue weighted by Crippen LogP contribution is -2.10. The Labute approximate surface area is 59.3 Å². The van der Waals surface area contributed by atoms with Crippen molar-refractivity contribution in [2.45, 2.75) is 6.42 Å². The maximum absolute atomic E-state index is 4.87. The van der Waals surface area contributed by atoms with Crippen LogP contribution in [0.4, 0.5) is 0 Å². The van der Waals surface area contributed by atoms with Gasteiger partial charge in [-0.3, -0.25) is 0 Å². The van der Waals surface area contributed by atoms with Gasteiger partial charge < -0.3 is 4.89 Å². The Hall–Kier alpha value is -1.02. The molecule has 0 amide bonds. The molecule has 1 heterocycles. The number of hydrogen-bond acceptors (Lipinski definition) is 2. The zero-order chi connectivity index (χ0) is 6.81. The molecule has 1 aliphatic heterocycles. The fourth-order valence-corrected chi connectivity index (χ4v) is 0.983. The minimum atomic E-state index is 0.644. The van der Waals surface area contributed by atoms with Crippen molar-refractivity contribution < 1.29 is 9.78 Å². The van der Waals surface area contributed by atoms with E-state index in [2.05, 4.69) is 6.07 Å². The van der Waals surface area contributed by atoms with E-state index < -0.39 is 0 Å². The Bertz CT molecular complexity index is 207. The highest BCUT2D eigenvalue weighted by atomic mass is 17.2. The summed E-state index contributed by atoms with van der Waals surface area (Å²) in [6, 6.07) is 8.73. The van der Waals surface area contributed by atoms with Crippen molar-refractivity contribution in [1.29, 1.82) is 0 Å². The molecule has 0 fully saturated rings. The molecule has 0 saturated carbocycles. The fourth-order valence-electron chi connectivity index (χ4n) is 0.983. The molecule has 0 unspecified atom stereocenters. The Balaban J connectivity index is 2.41. The van der Waals surface area contributed by atoms with Gasteiger partial charge in [-0.25, -0.2) is 0 Å². The van der Waals surface area contributed by atoms with Crippen molar-refractivity contribution in [2.75, 3.05) is 6.61 Å². The van der Waals surface area contributed by atoms with Crippen molar-refractivity contribution >= 4 is 0 Å².